The van der Waals surface area contributed by atoms with E-state index in [9.17, 15) is 14.0 Å². The molecule has 2 aliphatic rings. The third-order valence-corrected chi connectivity index (χ3v) is 8.55. The highest BCUT2D eigenvalue weighted by molar-refractivity contribution is 6.03. The van der Waals surface area contributed by atoms with Gasteiger partial charge in [0.1, 0.15) is 12.4 Å². The highest BCUT2D eigenvalue weighted by atomic mass is 19.1. The first kappa shape index (κ1) is 26.0. The van der Waals surface area contributed by atoms with Gasteiger partial charge in [0.15, 0.2) is 0 Å². The number of nitrogens with zero attached hydrogens (tertiary/aromatic N) is 3. The molecule has 0 radical (unpaired) electrons. The number of anilines is 1. The lowest BCUT2D eigenvalue weighted by Gasteiger charge is -2.37. The Balaban J connectivity index is 1.22. The summed E-state index contributed by atoms with van der Waals surface area (Å²) in [7, 11) is 0. The molecule has 3 heterocycles. The van der Waals surface area contributed by atoms with Crippen LogP contribution in [0.4, 0.5) is 10.1 Å². The number of fused-ring (bicyclic) bond motifs is 2. The first-order chi connectivity index (χ1) is 20.5. The first-order valence-corrected chi connectivity index (χ1v) is 14.3. The van der Waals surface area contributed by atoms with Gasteiger partial charge in [0, 0.05) is 53.9 Å². The number of benzene rings is 4. The lowest BCUT2D eigenvalue weighted by molar-refractivity contribution is -0.132. The van der Waals surface area contributed by atoms with Crippen LogP contribution in [-0.4, -0.2) is 59.3 Å². The molecule has 1 atom stereocenters. The lowest BCUT2D eigenvalue weighted by Crippen LogP contribution is -2.51. The van der Waals surface area contributed by atoms with Gasteiger partial charge in [-0.15, -0.1) is 0 Å². The highest BCUT2D eigenvalue weighted by Crippen LogP contribution is 2.45. The van der Waals surface area contributed by atoms with Crippen molar-refractivity contribution in [1.29, 1.82) is 0 Å². The number of H-pyrrole nitrogens is 1. The van der Waals surface area contributed by atoms with Gasteiger partial charge in [-0.05, 0) is 54.4 Å². The smallest absolute Gasteiger partial charge is 0.255 e. The number of aromatic nitrogens is 1. The summed E-state index contributed by atoms with van der Waals surface area (Å²) in [5.41, 5.74) is 7.64. The van der Waals surface area contributed by atoms with Crippen LogP contribution in [0.15, 0.2) is 97.1 Å². The number of amides is 2. The summed E-state index contributed by atoms with van der Waals surface area (Å²) >= 11 is 0. The van der Waals surface area contributed by atoms with Gasteiger partial charge in [0.05, 0.1) is 11.7 Å². The molecule has 7 rings (SSSR count). The maximum Gasteiger partial charge on any atom is 0.255 e. The minimum Gasteiger partial charge on any atom is -0.368 e. The van der Waals surface area contributed by atoms with Gasteiger partial charge in [-0.1, -0.05) is 66.2 Å². The molecule has 0 saturated carbocycles. The normalized spacial score (nSPS) is 16.8. The molecule has 0 bridgehead atoms. The molecule has 1 unspecified atom stereocenters. The van der Waals surface area contributed by atoms with Crippen LogP contribution < -0.4 is 4.90 Å². The van der Waals surface area contributed by atoms with E-state index in [-0.39, 0.29) is 24.2 Å². The van der Waals surface area contributed by atoms with Gasteiger partial charge in [0.25, 0.3) is 5.91 Å². The van der Waals surface area contributed by atoms with Crippen molar-refractivity contribution in [3.63, 3.8) is 0 Å². The van der Waals surface area contributed by atoms with Crippen molar-refractivity contribution in [2.45, 2.75) is 13.0 Å². The average Bonchev–Trinajstić information content (AvgIpc) is 3.53. The fraction of sp³-hybridized carbons (Fsp3) is 0.200. The predicted octanol–water partition coefficient (Wildman–Crippen LogP) is 6.18. The Kier molecular flexibility index (Phi) is 6.50. The van der Waals surface area contributed by atoms with Crippen LogP contribution in [0, 0.1) is 12.7 Å². The number of aryl methyl sites for hydroxylation is 1. The molecular formula is C35H31FN4O2. The predicted molar refractivity (Wildman–Crippen MR) is 163 cm³/mol. The zero-order chi connectivity index (χ0) is 28.8. The van der Waals surface area contributed by atoms with Crippen molar-refractivity contribution in [3.05, 3.63) is 125 Å². The number of halogens is 1. The minimum atomic E-state index is -0.411. The number of carbonyl (C=O) groups is 2. The number of rotatable bonds is 5. The molecule has 0 spiro atoms. The van der Waals surface area contributed by atoms with Gasteiger partial charge >= 0.3 is 0 Å². The van der Waals surface area contributed by atoms with E-state index >= 15 is 0 Å². The van der Waals surface area contributed by atoms with Crippen molar-refractivity contribution < 1.29 is 14.0 Å². The third-order valence-electron chi connectivity index (χ3n) is 8.55. The quantitative estimate of drug-likeness (QED) is 0.280. The van der Waals surface area contributed by atoms with E-state index in [2.05, 4.69) is 53.2 Å². The fourth-order valence-corrected chi connectivity index (χ4v) is 6.35. The van der Waals surface area contributed by atoms with Crippen molar-refractivity contribution in [2.24, 2.45) is 0 Å². The second kappa shape index (κ2) is 10.5. The van der Waals surface area contributed by atoms with Gasteiger partial charge in [-0.3, -0.25) is 9.59 Å². The Morgan fingerprint density at radius 1 is 0.857 bits per heavy atom. The molecule has 1 aromatic heterocycles. The summed E-state index contributed by atoms with van der Waals surface area (Å²) in [6.45, 7) is 4.43. The van der Waals surface area contributed by atoms with Gasteiger partial charge in [0.2, 0.25) is 5.91 Å². The third kappa shape index (κ3) is 4.51. The van der Waals surface area contributed by atoms with E-state index in [1.54, 1.807) is 17.0 Å². The van der Waals surface area contributed by atoms with Crippen molar-refractivity contribution in [2.75, 3.05) is 37.6 Å². The molecule has 4 aromatic carbocycles. The van der Waals surface area contributed by atoms with Gasteiger partial charge in [-0.2, -0.15) is 0 Å². The molecule has 7 heteroatoms. The Bertz CT molecular complexity index is 1790. The molecule has 6 nitrogen and oxygen atoms in total. The molecule has 1 N–H and O–H groups in total. The second-order valence-electron chi connectivity index (χ2n) is 11.1. The number of aromatic amines is 1. The van der Waals surface area contributed by atoms with Crippen molar-refractivity contribution in [1.82, 2.24) is 14.8 Å². The summed E-state index contributed by atoms with van der Waals surface area (Å²) in [4.78, 5) is 37.0. The zero-order valence-electron chi connectivity index (χ0n) is 23.4. The van der Waals surface area contributed by atoms with Crippen LogP contribution in [0.1, 0.15) is 33.1 Å². The van der Waals surface area contributed by atoms with E-state index < -0.39 is 6.04 Å². The van der Waals surface area contributed by atoms with Crippen LogP contribution >= 0.6 is 0 Å². The summed E-state index contributed by atoms with van der Waals surface area (Å²) in [6.07, 6.45) is 0. The van der Waals surface area contributed by atoms with E-state index in [0.717, 1.165) is 39.0 Å². The first-order valence-electron chi connectivity index (χ1n) is 14.3. The van der Waals surface area contributed by atoms with E-state index in [1.165, 1.54) is 17.7 Å². The number of carbonyl (C=O) groups excluding carboxylic acids is 2. The van der Waals surface area contributed by atoms with Crippen LogP contribution in [0.5, 0.6) is 0 Å². The number of piperazine rings is 1. The SMILES string of the molecule is Cc1ccc(-c2[nH]c3ccccc3c2C2c3ccccc3C(=O)N2CC(=O)N2CCN(c3ccc(F)cc3)CC2)cc1. The minimum absolute atomic E-state index is 0.0123. The van der Waals surface area contributed by atoms with Crippen LogP contribution in [-0.2, 0) is 4.79 Å². The maximum atomic E-state index is 13.9. The molecule has 1 saturated heterocycles. The van der Waals surface area contributed by atoms with Crippen LogP contribution in [0.2, 0.25) is 0 Å². The maximum absolute atomic E-state index is 13.9. The zero-order valence-corrected chi connectivity index (χ0v) is 23.4. The molecule has 5 aromatic rings. The van der Waals surface area contributed by atoms with Gasteiger partial charge < -0.3 is 19.7 Å². The average molecular weight is 559 g/mol. The van der Waals surface area contributed by atoms with E-state index in [1.807, 2.05) is 41.3 Å². The molecule has 0 aliphatic carbocycles. The fourth-order valence-electron chi connectivity index (χ4n) is 6.35. The van der Waals surface area contributed by atoms with Crippen LogP contribution in [0.3, 0.4) is 0 Å². The van der Waals surface area contributed by atoms with E-state index in [4.69, 9.17) is 0 Å². The second-order valence-corrected chi connectivity index (χ2v) is 11.1. The largest absolute Gasteiger partial charge is 0.368 e. The standard InChI is InChI=1S/C35H31FN4O2/c1-23-10-12-24(13-11-23)33-32(29-8-4-5-9-30(29)37-33)34-27-6-2-3-7-28(27)35(42)40(34)22-31(41)39-20-18-38(19-21-39)26-16-14-25(36)15-17-26/h2-17,34,37H,18-22H2,1H3. The van der Waals surface area contributed by atoms with Crippen LogP contribution in [0.25, 0.3) is 22.2 Å². The molecular weight excluding hydrogens is 527 g/mol. The Hall–Kier alpha value is -4.91. The molecule has 210 valence electrons. The summed E-state index contributed by atoms with van der Waals surface area (Å²) in [5.74, 6) is -0.468. The number of hydrogen-bond donors (Lipinski definition) is 1. The summed E-state index contributed by atoms with van der Waals surface area (Å²) in [6, 6.07) is 30.3. The summed E-state index contributed by atoms with van der Waals surface area (Å²) < 4.78 is 13.4. The Morgan fingerprint density at radius 2 is 1.55 bits per heavy atom. The molecule has 42 heavy (non-hydrogen) atoms. The monoisotopic (exact) mass is 558 g/mol. The number of para-hydroxylation sites is 1. The molecule has 2 amide bonds. The van der Waals surface area contributed by atoms with Crippen molar-refractivity contribution in [3.8, 4) is 11.3 Å². The topological polar surface area (TPSA) is 59.7 Å². The number of nitrogens with one attached hydrogen (secondary N) is 1. The number of hydrogen-bond acceptors (Lipinski definition) is 3. The molecule has 1 fully saturated rings. The van der Waals surface area contributed by atoms with Gasteiger partial charge in [-0.25, -0.2) is 4.39 Å². The Morgan fingerprint density at radius 3 is 2.31 bits per heavy atom. The molecule has 2 aliphatic heterocycles. The van der Waals surface area contributed by atoms with Crippen molar-refractivity contribution >= 4 is 28.4 Å². The van der Waals surface area contributed by atoms with E-state index in [0.29, 0.717) is 31.7 Å². The lowest BCUT2D eigenvalue weighted by atomic mass is 9.93. The summed E-state index contributed by atoms with van der Waals surface area (Å²) in [5, 5.41) is 1.04. The Labute approximate surface area is 244 Å². The highest BCUT2D eigenvalue weighted by Gasteiger charge is 2.41.